The van der Waals surface area contributed by atoms with Gasteiger partial charge in [0.25, 0.3) is 0 Å². The molecule has 0 bridgehead atoms. The van der Waals surface area contributed by atoms with E-state index >= 15 is 0 Å². The van der Waals surface area contributed by atoms with Gasteiger partial charge < -0.3 is 14.9 Å². The molecule has 1 aromatic heterocycles. The van der Waals surface area contributed by atoms with Crippen molar-refractivity contribution >= 4 is 46.5 Å². The molecule has 0 aliphatic rings. The molecule has 0 radical (unpaired) electrons. The van der Waals surface area contributed by atoms with E-state index in [2.05, 4.69) is 4.72 Å². The lowest BCUT2D eigenvalue weighted by Crippen LogP contribution is -1.97. The zero-order valence-corrected chi connectivity index (χ0v) is 14.9. The van der Waals surface area contributed by atoms with Crippen LogP contribution in [0.15, 0.2) is 52.7 Å². The standard InChI is InChI=1S/C17H11ClFNO3S2/c18-16-13(9-2-1-3-10(19)6-9)8-15(24-16)25-20-11-4-5-12(17(22)23)14(21)7-11/h1-8,20-21H,(H,22,23). The molecule has 0 amide bonds. The van der Waals surface area contributed by atoms with Crippen molar-refractivity contribution in [1.82, 2.24) is 0 Å². The summed E-state index contributed by atoms with van der Waals surface area (Å²) in [5.41, 5.74) is 1.81. The first-order valence-corrected chi connectivity index (χ1v) is 8.99. The Hall–Kier alpha value is -2.22. The van der Waals surface area contributed by atoms with E-state index in [-0.39, 0.29) is 17.1 Å². The smallest absolute Gasteiger partial charge is 0.339 e. The Morgan fingerprint density at radius 1 is 1.20 bits per heavy atom. The molecule has 8 heteroatoms. The molecule has 1 heterocycles. The molecule has 3 N–H and O–H groups in total. The lowest BCUT2D eigenvalue weighted by atomic mass is 10.1. The first-order chi connectivity index (χ1) is 11.9. The highest BCUT2D eigenvalue weighted by atomic mass is 35.5. The Morgan fingerprint density at radius 3 is 2.68 bits per heavy atom. The average Bonchev–Trinajstić information content (AvgIpc) is 2.93. The van der Waals surface area contributed by atoms with E-state index < -0.39 is 5.97 Å². The van der Waals surface area contributed by atoms with E-state index in [0.717, 1.165) is 9.77 Å². The summed E-state index contributed by atoms with van der Waals surface area (Å²) in [6.07, 6.45) is 0. The molecule has 0 aliphatic heterocycles. The molecule has 25 heavy (non-hydrogen) atoms. The van der Waals surface area contributed by atoms with E-state index in [1.54, 1.807) is 18.2 Å². The Balaban J connectivity index is 1.75. The number of halogens is 2. The largest absolute Gasteiger partial charge is 0.507 e. The van der Waals surface area contributed by atoms with E-state index in [1.165, 1.54) is 47.6 Å². The zero-order chi connectivity index (χ0) is 18.0. The molecule has 4 nitrogen and oxygen atoms in total. The van der Waals surface area contributed by atoms with Crippen LogP contribution in [0, 0.1) is 5.82 Å². The Morgan fingerprint density at radius 2 is 2.00 bits per heavy atom. The number of carboxylic acids is 1. The number of hydrogen-bond acceptors (Lipinski definition) is 5. The van der Waals surface area contributed by atoms with Gasteiger partial charge in [-0.15, -0.1) is 11.3 Å². The fourth-order valence-corrected chi connectivity index (χ4v) is 4.39. The molecule has 0 atom stereocenters. The Bertz CT molecular complexity index is 945. The topological polar surface area (TPSA) is 69.6 Å². The predicted octanol–water partition coefficient (Wildman–Crippen LogP) is 5.73. The monoisotopic (exact) mass is 395 g/mol. The first kappa shape index (κ1) is 17.6. The predicted molar refractivity (Wildman–Crippen MR) is 99.3 cm³/mol. The van der Waals surface area contributed by atoms with Crippen LogP contribution in [0.1, 0.15) is 10.4 Å². The molecule has 0 saturated carbocycles. The van der Waals surface area contributed by atoms with Crippen LogP contribution in [0.4, 0.5) is 10.1 Å². The summed E-state index contributed by atoms with van der Waals surface area (Å²) in [6.45, 7) is 0. The lowest BCUT2D eigenvalue weighted by molar-refractivity contribution is 0.0694. The van der Waals surface area contributed by atoms with Crippen molar-refractivity contribution in [3.05, 3.63) is 64.2 Å². The van der Waals surface area contributed by atoms with E-state index in [9.17, 15) is 14.3 Å². The van der Waals surface area contributed by atoms with E-state index in [1.807, 2.05) is 6.07 Å². The Labute approximate surface area is 156 Å². The lowest BCUT2D eigenvalue weighted by Gasteiger charge is -2.05. The fraction of sp³-hybridized carbons (Fsp3) is 0. The van der Waals surface area contributed by atoms with Crippen LogP contribution in [0.2, 0.25) is 4.34 Å². The van der Waals surface area contributed by atoms with E-state index in [4.69, 9.17) is 16.7 Å². The molecule has 0 aliphatic carbocycles. The molecule has 0 unspecified atom stereocenters. The van der Waals surface area contributed by atoms with Crippen molar-refractivity contribution in [1.29, 1.82) is 0 Å². The second-order valence-corrected chi connectivity index (χ2v) is 7.77. The molecule has 128 valence electrons. The van der Waals surface area contributed by atoms with Gasteiger partial charge in [-0.25, -0.2) is 9.18 Å². The number of phenols is 1. The first-order valence-electron chi connectivity index (χ1n) is 6.98. The van der Waals surface area contributed by atoms with Crippen LogP contribution in [0.3, 0.4) is 0 Å². The molecule has 0 spiro atoms. The van der Waals surface area contributed by atoms with Crippen LogP contribution >= 0.6 is 34.9 Å². The minimum Gasteiger partial charge on any atom is -0.507 e. The summed E-state index contributed by atoms with van der Waals surface area (Å²) in [7, 11) is 0. The number of benzene rings is 2. The number of nitrogens with one attached hydrogen (secondary N) is 1. The normalized spacial score (nSPS) is 10.6. The number of carbonyl (C=O) groups is 1. The summed E-state index contributed by atoms with van der Waals surface area (Å²) in [5, 5.41) is 18.6. The van der Waals surface area contributed by atoms with Crippen molar-refractivity contribution < 1.29 is 19.4 Å². The maximum Gasteiger partial charge on any atom is 0.339 e. The van der Waals surface area contributed by atoms with E-state index in [0.29, 0.717) is 15.6 Å². The molecule has 2 aromatic carbocycles. The number of anilines is 1. The third-order valence-corrected chi connectivity index (χ3v) is 5.61. The number of thiophene rings is 1. The number of carboxylic acid groups (broad SMARTS) is 1. The second-order valence-electron chi connectivity index (χ2n) is 5.00. The summed E-state index contributed by atoms with van der Waals surface area (Å²) >= 11 is 8.84. The third kappa shape index (κ3) is 4.07. The van der Waals surface area contributed by atoms with Crippen LogP contribution < -0.4 is 4.72 Å². The van der Waals surface area contributed by atoms with Crippen LogP contribution in [-0.2, 0) is 0 Å². The average molecular weight is 396 g/mol. The summed E-state index contributed by atoms with van der Waals surface area (Å²) in [4.78, 5) is 10.9. The van der Waals surface area contributed by atoms with Crippen molar-refractivity contribution in [2.45, 2.75) is 4.21 Å². The minimum absolute atomic E-state index is 0.164. The molecular weight excluding hydrogens is 385 g/mol. The van der Waals surface area contributed by atoms with Gasteiger partial charge in [0, 0.05) is 17.3 Å². The van der Waals surface area contributed by atoms with Crippen molar-refractivity contribution in [2.24, 2.45) is 0 Å². The molecule has 3 rings (SSSR count). The highest BCUT2D eigenvalue weighted by molar-refractivity contribution is 8.02. The number of rotatable bonds is 5. The quantitative estimate of drug-likeness (QED) is 0.481. The van der Waals surface area contributed by atoms with Gasteiger partial charge in [0.2, 0.25) is 0 Å². The number of aromatic hydroxyl groups is 1. The van der Waals surface area contributed by atoms with Gasteiger partial charge in [0.05, 0.1) is 4.21 Å². The number of hydrogen-bond donors (Lipinski definition) is 3. The summed E-state index contributed by atoms with van der Waals surface area (Å²) < 4.78 is 17.8. The van der Waals surface area contributed by atoms with Crippen LogP contribution in [0.5, 0.6) is 5.75 Å². The SMILES string of the molecule is O=C(O)c1ccc(NSc2cc(-c3cccc(F)c3)c(Cl)s2)cc1O. The minimum atomic E-state index is -1.19. The highest BCUT2D eigenvalue weighted by Crippen LogP contribution is 2.40. The third-order valence-electron chi connectivity index (χ3n) is 3.30. The van der Waals surface area contributed by atoms with Gasteiger partial charge in [-0.05, 0) is 47.8 Å². The number of aromatic carboxylic acids is 1. The van der Waals surface area contributed by atoms with Crippen molar-refractivity contribution in [3.63, 3.8) is 0 Å². The maximum atomic E-state index is 13.4. The van der Waals surface area contributed by atoms with Gasteiger partial charge in [-0.3, -0.25) is 0 Å². The van der Waals surface area contributed by atoms with Crippen LogP contribution in [-0.4, -0.2) is 16.2 Å². The van der Waals surface area contributed by atoms with Crippen molar-refractivity contribution in [3.8, 4) is 16.9 Å². The molecule has 3 aromatic rings. The summed E-state index contributed by atoms with van der Waals surface area (Å²) in [5.74, 6) is -1.84. The van der Waals surface area contributed by atoms with Gasteiger partial charge in [-0.2, -0.15) is 0 Å². The maximum absolute atomic E-state index is 13.4. The summed E-state index contributed by atoms with van der Waals surface area (Å²) in [6, 6.07) is 12.2. The van der Waals surface area contributed by atoms with Gasteiger partial charge in [0.1, 0.15) is 21.5 Å². The molecule has 0 fully saturated rings. The van der Waals surface area contributed by atoms with Gasteiger partial charge in [0.15, 0.2) is 0 Å². The molecular formula is C17H11ClFNO3S2. The zero-order valence-electron chi connectivity index (χ0n) is 12.5. The van der Waals surface area contributed by atoms with Gasteiger partial charge in [-0.1, -0.05) is 23.7 Å². The Kier molecular flexibility index (Phi) is 5.17. The van der Waals surface area contributed by atoms with Crippen molar-refractivity contribution in [2.75, 3.05) is 4.72 Å². The van der Waals surface area contributed by atoms with Crippen LogP contribution in [0.25, 0.3) is 11.1 Å². The fourth-order valence-electron chi connectivity index (χ4n) is 2.14. The molecule has 0 saturated heterocycles. The second kappa shape index (κ2) is 7.35. The highest BCUT2D eigenvalue weighted by Gasteiger charge is 2.12. The van der Waals surface area contributed by atoms with Gasteiger partial charge >= 0.3 is 5.97 Å².